The van der Waals surface area contributed by atoms with Gasteiger partial charge in [0.1, 0.15) is 0 Å². The standard InChI is InChI=1S/C7H10N2OS.Na/c1-2-3-5-4-6(10)9-7(11)8-5;/h4H,2-3H2,1H3,(H2,8,9,10,11);. The summed E-state index contributed by atoms with van der Waals surface area (Å²) in [4.78, 5) is 16.2. The summed E-state index contributed by atoms with van der Waals surface area (Å²) < 4.78 is 0.404. The second-order valence-corrected chi connectivity index (χ2v) is 2.77. The Morgan fingerprint density at radius 1 is 1.50 bits per heavy atom. The number of aromatic amines is 2. The molecule has 0 bridgehead atoms. The Bertz CT molecular complexity index is 315. The zero-order chi connectivity index (χ0) is 8.27. The van der Waals surface area contributed by atoms with E-state index in [1.54, 1.807) is 6.07 Å². The van der Waals surface area contributed by atoms with Gasteiger partial charge in [0.2, 0.25) is 0 Å². The predicted molar refractivity (Wildman–Crippen MR) is 52.0 cm³/mol. The van der Waals surface area contributed by atoms with Gasteiger partial charge in [0.05, 0.1) is 0 Å². The van der Waals surface area contributed by atoms with Gasteiger partial charge in [-0.3, -0.25) is 9.78 Å². The molecule has 0 aliphatic carbocycles. The fourth-order valence-electron chi connectivity index (χ4n) is 0.923. The molecule has 0 aliphatic heterocycles. The third-order valence-corrected chi connectivity index (χ3v) is 1.54. The molecule has 1 heterocycles. The van der Waals surface area contributed by atoms with Gasteiger partial charge in [0.15, 0.2) is 4.77 Å². The van der Waals surface area contributed by atoms with Crippen molar-refractivity contribution in [2.24, 2.45) is 0 Å². The number of aryl methyl sites for hydroxylation is 1. The first-order chi connectivity index (χ1) is 5.22. The molecule has 61 valence electrons. The van der Waals surface area contributed by atoms with Crippen LogP contribution in [0.1, 0.15) is 19.0 Å². The molecule has 1 aromatic rings. The molecule has 2 N–H and O–H groups in total. The Morgan fingerprint density at radius 2 is 2.17 bits per heavy atom. The van der Waals surface area contributed by atoms with Crippen molar-refractivity contribution < 1.29 is 0 Å². The van der Waals surface area contributed by atoms with Crippen LogP contribution < -0.4 is 5.56 Å². The first kappa shape index (κ1) is 12.1. The summed E-state index contributed by atoms with van der Waals surface area (Å²) in [7, 11) is 0. The number of aromatic nitrogens is 2. The van der Waals surface area contributed by atoms with Gasteiger partial charge in [-0.2, -0.15) is 0 Å². The smallest absolute Gasteiger partial charge is 0.251 e. The largest absolute Gasteiger partial charge is 0.336 e. The molecule has 3 nitrogen and oxygen atoms in total. The fourth-order valence-corrected chi connectivity index (χ4v) is 1.16. The maximum atomic E-state index is 10.8. The Hall–Kier alpha value is 0.1000. The normalized spacial score (nSPS) is 9.08. The van der Waals surface area contributed by atoms with Crippen molar-refractivity contribution in [1.82, 2.24) is 9.97 Å². The maximum Gasteiger partial charge on any atom is 0.251 e. The molecule has 1 aromatic heterocycles. The van der Waals surface area contributed by atoms with E-state index in [0.717, 1.165) is 18.5 Å². The summed E-state index contributed by atoms with van der Waals surface area (Å²) >= 11 is 4.79. The molecule has 0 spiro atoms. The second kappa shape index (κ2) is 5.70. The molecule has 0 aliphatic rings. The molecule has 12 heavy (non-hydrogen) atoms. The summed E-state index contributed by atoms with van der Waals surface area (Å²) in [6, 6.07) is 1.54. The SMILES string of the molecule is CCCc1cc(=O)[nH]c(=S)[nH]1.[Na]. The average Bonchev–Trinajstić information content (AvgIpc) is 1.85. The third kappa shape index (κ3) is 3.67. The molecule has 5 heteroatoms. The van der Waals surface area contributed by atoms with Crippen molar-refractivity contribution >= 4 is 41.8 Å². The van der Waals surface area contributed by atoms with Crippen LogP contribution in [0, 0.1) is 4.77 Å². The minimum Gasteiger partial charge on any atom is -0.336 e. The van der Waals surface area contributed by atoms with Gasteiger partial charge < -0.3 is 4.98 Å². The van der Waals surface area contributed by atoms with Crippen LogP contribution in [-0.4, -0.2) is 39.5 Å². The van der Waals surface area contributed by atoms with Crippen molar-refractivity contribution in [1.29, 1.82) is 0 Å². The Morgan fingerprint density at radius 3 is 2.67 bits per heavy atom. The molecular formula is C7H10N2NaOS. The van der Waals surface area contributed by atoms with Crippen LogP contribution in [0.5, 0.6) is 0 Å². The number of H-pyrrole nitrogens is 2. The molecule has 0 unspecified atom stereocenters. The van der Waals surface area contributed by atoms with Gasteiger partial charge in [-0.15, -0.1) is 0 Å². The summed E-state index contributed by atoms with van der Waals surface area (Å²) in [5.74, 6) is 0. The van der Waals surface area contributed by atoms with E-state index in [2.05, 4.69) is 16.9 Å². The Balaban J connectivity index is 0.00000121. The van der Waals surface area contributed by atoms with E-state index in [9.17, 15) is 4.79 Å². The third-order valence-electron chi connectivity index (χ3n) is 1.34. The van der Waals surface area contributed by atoms with Gasteiger partial charge in [-0.25, -0.2) is 0 Å². The minimum atomic E-state index is -0.128. The minimum absolute atomic E-state index is 0. The molecule has 1 radical (unpaired) electrons. The maximum absolute atomic E-state index is 10.8. The zero-order valence-corrected chi connectivity index (χ0v) is 10.1. The first-order valence-electron chi connectivity index (χ1n) is 3.55. The average molecular weight is 193 g/mol. The molecule has 0 aromatic carbocycles. The molecule has 0 saturated heterocycles. The van der Waals surface area contributed by atoms with Crippen LogP contribution in [0.15, 0.2) is 10.9 Å². The Kier molecular flexibility index (Phi) is 5.74. The second-order valence-electron chi connectivity index (χ2n) is 2.36. The summed E-state index contributed by atoms with van der Waals surface area (Å²) in [5.41, 5.74) is 0.776. The van der Waals surface area contributed by atoms with E-state index in [-0.39, 0.29) is 35.1 Å². The van der Waals surface area contributed by atoms with Crippen molar-refractivity contribution in [2.75, 3.05) is 0 Å². The van der Waals surface area contributed by atoms with Gasteiger partial charge >= 0.3 is 0 Å². The van der Waals surface area contributed by atoms with Crippen molar-refractivity contribution in [3.8, 4) is 0 Å². The zero-order valence-electron chi connectivity index (χ0n) is 7.31. The monoisotopic (exact) mass is 193 g/mol. The van der Waals surface area contributed by atoms with E-state index >= 15 is 0 Å². The molecular weight excluding hydrogens is 183 g/mol. The summed E-state index contributed by atoms with van der Waals surface area (Å²) in [6.45, 7) is 2.05. The predicted octanol–water partition coefficient (Wildman–Crippen LogP) is 1.00. The van der Waals surface area contributed by atoms with E-state index in [0.29, 0.717) is 4.77 Å². The summed E-state index contributed by atoms with van der Waals surface area (Å²) in [5, 5.41) is 0. The number of hydrogen-bond donors (Lipinski definition) is 2. The Labute approximate surface area is 97.9 Å². The van der Waals surface area contributed by atoms with Gasteiger partial charge in [-0.1, -0.05) is 13.3 Å². The molecule has 0 amide bonds. The number of rotatable bonds is 2. The van der Waals surface area contributed by atoms with Crippen molar-refractivity contribution in [2.45, 2.75) is 19.8 Å². The van der Waals surface area contributed by atoms with Crippen LogP contribution in [0.2, 0.25) is 0 Å². The molecule has 0 atom stereocenters. The number of nitrogens with one attached hydrogen (secondary N) is 2. The van der Waals surface area contributed by atoms with Gasteiger partial charge in [0.25, 0.3) is 5.56 Å². The quantitative estimate of drug-likeness (QED) is 0.544. The van der Waals surface area contributed by atoms with E-state index in [1.807, 2.05) is 0 Å². The molecule has 0 fully saturated rings. The van der Waals surface area contributed by atoms with Gasteiger partial charge in [-0.05, 0) is 18.6 Å². The molecule has 1 rings (SSSR count). The van der Waals surface area contributed by atoms with E-state index in [4.69, 9.17) is 12.2 Å². The van der Waals surface area contributed by atoms with Crippen molar-refractivity contribution in [3.63, 3.8) is 0 Å². The summed E-state index contributed by atoms with van der Waals surface area (Å²) in [6.07, 6.45) is 1.88. The van der Waals surface area contributed by atoms with E-state index in [1.165, 1.54) is 0 Å². The van der Waals surface area contributed by atoms with Crippen LogP contribution in [-0.2, 0) is 6.42 Å². The fraction of sp³-hybridized carbons (Fsp3) is 0.429. The molecule has 0 saturated carbocycles. The van der Waals surface area contributed by atoms with Crippen LogP contribution in [0.25, 0.3) is 0 Å². The van der Waals surface area contributed by atoms with Crippen molar-refractivity contribution in [3.05, 3.63) is 26.9 Å². The van der Waals surface area contributed by atoms with Gasteiger partial charge in [0, 0.05) is 41.3 Å². The van der Waals surface area contributed by atoms with Crippen LogP contribution >= 0.6 is 12.2 Å². The first-order valence-corrected chi connectivity index (χ1v) is 3.95. The van der Waals surface area contributed by atoms with E-state index < -0.39 is 0 Å². The van der Waals surface area contributed by atoms with Crippen LogP contribution in [0.4, 0.5) is 0 Å². The van der Waals surface area contributed by atoms with Crippen LogP contribution in [0.3, 0.4) is 0 Å². The topological polar surface area (TPSA) is 48.6 Å². The number of hydrogen-bond acceptors (Lipinski definition) is 2.